The molecule has 1 saturated carbocycles. The lowest BCUT2D eigenvalue weighted by atomic mass is 9.90. The first-order valence-electron chi connectivity index (χ1n) is 10.0. The van der Waals surface area contributed by atoms with Crippen molar-refractivity contribution in [3.05, 3.63) is 0 Å². The molecule has 2 aliphatic heterocycles. The Morgan fingerprint density at radius 3 is 2.57 bits per heavy atom. The number of hydrogen-bond donors (Lipinski definition) is 1. The standard InChI is InChI=1S/C19H35N3O/c1-2-11-21-13-9-18(10-14-21)22-12-3-4-16(15-22)5-8-19(23)20-17-6-7-17/h16-18H,2-15H2,1H3,(H,20,23)/t16-/m1/s1. The summed E-state index contributed by atoms with van der Waals surface area (Å²) in [4.78, 5) is 17.3. The van der Waals surface area contributed by atoms with Crippen molar-refractivity contribution in [1.29, 1.82) is 0 Å². The second kappa shape index (κ2) is 8.48. The topological polar surface area (TPSA) is 35.6 Å². The van der Waals surface area contributed by atoms with Crippen LogP contribution in [-0.2, 0) is 4.79 Å². The molecule has 0 aromatic rings. The molecule has 1 amide bonds. The molecule has 0 unspecified atom stereocenters. The molecule has 1 aliphatic carbocycles. The molecule has 132 valence electrons. The molecule has 3 rings (SSSR count). The first-order chi connectivity index (χ1) is 11.2. The van der Waals surface area contributed by atoms with E-state index in [0.717, 1.165) is 24.8 Å². The van der Waals surface area contributed by atoms with Gasteiger partial charge in [0.2, 0.25) is 5.91 Å². The minimum Gasteiger partial charge on any atom is -0.353 e. The van der Waals surface area contributed by atoms with E-state index in [9.17, 15) is 4.79 Å². The number of likely N-dealkylation sites (tertiary alicyclic amines) is 2. The quantitative estimate of drug-likeness (QED) is 0.783. The van der Waals surface area contributed by atoms with Gasteiger partial charge in [0.1, 0.15) is 0 Å². The Bertz CT molecular complexity index is 375. The number of nitrogens with one attached hydrogen (secondary N) is 1. The van der Waals surface area contributed by atoms with E-state index in [-0.39, 0.29) is 5.91 Å². The van der Waals surface area contributed by atoms with Gasteiger partial charge in [-0.25, -0.2) is 0 Å². The number of hydrogen-bond acceptors (Lipinski definition) is 3. The van der Waals surface area contributed by atoms with Gasteiger partial charge in [-0.2, -0.15) is 0 Å². The maximum atomic E-state index is 11.9. The van der Waals surface area contributed by atoms with E-state index in [1.165, 1.54) is 77.7 Å². The van der Waals surface area contributed by atoms with Gasteiger partial charge in [0.05, 0.1) is 0 Å². The van der Waals surface area contributed by atoms with Crippen molar-refractivity contribution < 1.29 is 4.79 Å². The van der Waals surface area contributed by atoms with Crippen molar-refractivity contribution >= 4 is 5.91 Å². The lowest BCUT2D eigenvalue weighted by Crippen LogP contribution is -2.48. The van der Waals surface area contributed by atoms with Gasteiger partial charge in [-0.05, 0) is 83.5 Å². The zero-order valence-corrected chi connectivity index (χ0v) is 14.9. The molecule has 0 radical (unpaired) electrons. The van der Waals surface area contributed by atoms with Gasteiger partial charge in [0.25, 0.3) is 0 Å². The van der Waals surface area contributed by atoms with Crippen molar-refractivity contribution in [3.63, 3.8) is 0 Å². The van der Waals surface area contributed by atoms with E-state index >= 15 is 0 Å². The number of nitrogens with zero attached hydrogens (tertiary/aromatic N) is 2. The second-order valence-electron chi connectivity index (χ2n) is 7.96. The van der Waals surface area contributed by atoms with Crippen LogP contribution in [0.25, 0.3) is 0 Å². The first kappa shape index (κ1) is 17.2. The van der Waals surface area contributed by atoms with Crippen molar-refractivity contribution in [2.45, 2.75) is 76.8 Å². The summed E-state index contributed by atoms with van der Waals surface area (Å²) in [7, 11) is 0. The third-order valence-corrected chi connectivity index (χ3v) is 5.89. The minimum absolute atomic E-state index is 0.289. The van der Waals surface area contributed by atoms with Crippen LogP contribution in [0.15, 0.2) is 0 Å². The Kier molecular flexibility index (Phi) is 6.35. The number of piperidine rings is 2. The molecular weight excluding hydrogens is 286 g/mol. The number of carbonyl (C=O) groups is 1. The zero-order valence-electron chi connectivity index (χ0n) is 14.9. The van der Waals surface area contributed by atoms with E-state index in [0.29, 0.717) is 6.04 Å². The molecule has 0 bridgehead atoms. The van der Waals surface area contributed by atoms with Crippen molar-refractivity contribution in [2.24, 2.45) is 5.92 Å². The van der Waals surface area contributed by atoms with Gasteiger partial charge in [-0.15, -0.1) is 0 Å². The fourth-order valence-corrected chi connectivity index (χ4v) is 4.35. The third-order valence-electron chi connectivity index (χ3n) is 5.89. The maximum Gasteiger partial charge on any atom is 0.220 e. The highest BCUT2D eigenvalue weighted by molar-refractivity contribution is 5.76. The van der Waals surface area contributed by atoms with E-state index in [1.54, 1.807) is 0 Å². The van der Waals surface area contributed by atoms with Gasteiger partial charge in [0.15, 0.2) is 0 Å². The van der Waals surface area contributed by atoms with Gasteiger partial charge in [-0.1, -0.05) is 6.92 Å². The summed E-state index contributed by atoms with van der Waals surface area (Å²) >= 11 is 0. The fraction of sp³-hybridized carbons (Fsp3) is 0.947. The lowest BCUT2D eigenvalue weighted by Gasteiger charge is -2.42. The van der Waals surface area contributed by atoms with Gasteiger partial charge >= 0.3 is 0 Å². The van der Waals surface area contributed by atoms with Crippen LogP contribution in [0.4, 0.5) is 0 Å². The average Bonchev–Trinajstić information content (AvgIpc) is 3.38. The third kappa shape index (κ3) is 5.46. The summed E-state index contributed by atoms with van der Waals surface area (Å²) < 4.78 is 0. The van der Waals surface area contributed by atoms with Gasteiger partial charge in [-0.3, -0.25) is 4.79 Å². The number of carbonyl (C=O) groups excluding carboxylic acids is 1. The first-order valence-corrected chi connectivity index (χ1v) is 10.0. The minimum atomic E-state index is 0.289. The van der Waals surface area contributed by atoms with Crippen LogP contribution in [0.1, 0.15) is 64.7 Å². The van der Waals surface area contributed by atoms with E-state index in [1.807, 2.05) is 0 Å². The number of rotatable bonds is 7. The Morgan fingerprint density at radius 2 is 1.87 bits per heavy atom. The van der Waals surface area contributed by atoms with Gasteiger partial charge < -0.3 is 15.1 Å². The molecule has 4 nitrogen and oxygen atoms in total. The molecule has 0 aromatic heterocycles. The Morgan fingerprint density at radius 1 is 1.09 bits per heavy atom. The summed E-state index contributed by atoms with van der Waals surface area (Å²) in [5.41, 5.74) is 0. The smallest absolute Gasteiger partial charge is 0.220 e. The summed E-state index contributed by atoms with van der Waals surface area (Å²) in [6, 6.07) is 1.31. The lowest BCUT2D eigenvalue weighted by molar-refractivity contribution is -0.121. The Labute approximate surface area is 142 Å². The van der Waals surface area contributed by atoms with Crippen LogP contribution in [0.3, 0.4) is 0 Å². The van der Waals surface area contributed by atoms with Crippen molar-refractivity contribution in [1.82, 2.24) is 15.1 Å². The summed E-state index contributed by atoms with van der Waals surface area (Å²) in [6.07, 6.45) is 10.8. The Hall–Kier alpha value is -0.610. The maximum absolute atomic E-state index is 11.9. The molecule has 23 heavy (non-hydrogen) atoms. The summed E-state index contributed by atoms with van der Waals surface area (Å²) in [5, 5.41) is 3.13. The molecule has 2 heterocycles. The van der Waals surface area contributed by atoms with Crippen LogP contribution >= 0.6 is 0 Å². The molecule has 0 spiro atoms. The highest BCUT2D eigenvalue weighted by atomic mass is 16.1. The van der Waals surface area contributed by atoms with E-state index in [4.69, 9.17) is 0 Å². The fourth-order valence-electron chi connectivity index (χ4n) is 4.35. The molecule has 3 aliphatic rings. The van der Waals surface area contributed by atoms with Crippen LogP contribution in [0.5, 0.6) is 0 Å². The molecule has 1 N–H and O–H groups in total. The molecule has 2 saturated heterocycles. The number of amides is 1. The SMILES string of the molecule is CCCN1CCC(N2CCC[C@H](CCC(=O)NC3CC3)C2)CC1. The van der Waals surface area contributed by atoms with Crippen LogP contribution in [-0.4, -0.2) is 60.5 Å². The Balaban J connectivity index is 1.37. The van der Waals surface area contributed by atoms with Gasteiger partial charge in [0, 0.05) is 25.0 Å². The van der Waals surface area contributed by atoms with Crippen molar-refractivity contribution in [2.75, 3.05) is 32.7 Å². The van der Waals surface area contributed by atoms with Crippen molar-refractivity contribution in [3.8, 4) is 0 Å². The molecule has 0 aromatic carbocycles. The predicted octanol–water partition coefficient (Wildman–Crippen LogP) is 2.63. The summed E-state index contributed by atoms with van der Waals surface area (Å²) in [6.45, 7) is 8.62. The molecule has 4 heteroatoms. The normalized spacial score (nSPS) is 28.0. The monoisotopic (exact) mass is 321 g/mol. The largest absolute Gasteiger partial charge is 0.353 e. The molecule has 3 fully saturated rings. The van der Waals surface area contributed by atoms with Crippen LogP contribution < -0.4 is 5.32 Å². The van der Waals surface area contributed by atoms with Crippen LogP contribution in [0, 0.1) is 5.92 Å². The zero-order chi connectivity index (χ0) is 16.1. The highest BCUT2D eigenvalue weighted by Gasteiger charge is 2.29. The van der Waals surface area contributed by atoms with E-state index in [2.05, 4.69) is 22.0 Å². The summed E-state index contributed by atoms with van der Waals surface area (Å²) in [5.74, 6) is 1.03. The van der Waals surface area contributed by atoms with E-state index < -0.39 is 0 Å². The predicted molar refractivity (Wildman–Crippen MR) is 94.4 cm³/mol. The molecular formula is C19H35N3O. The molecule has 1 atom stereocenters. The highest BCUT2D eigenvalue weighted by Crippen LogP contribution is 2.26. The average molecular weight is 322 g/mol. The second-order valence-corrected chi connectivity index (χ2v) is 7.96. The van der Waals surface area contributed by atoms with Crippen LogP contribution in [0.2, 0.25) is 0 Å².